The van der Waals surface area contributed by atoms with Crippen molar-refractivity contribution in [2.24, 2.45) is 0 Å². The quantitative estimate of drug-likeness (QED) is 0.848. The first-order valence-corrected chi connectivity index (χ1v) is 5.29. The highest BCUT2D eigenvalue weighted by molar-refractivity contribution is 9.10. The Morgan fingerprint density at radius 2 is 2.13 bits per heavy atom. The van der Waals surface area contributed by atoms with Crippen LogP contribution < -0.4 is 0 Å². The fraction of sp³-hybridized carbons (Fsp3) is 0.273. The number of phenols is 1. The second-order valence-electron chi connectivity index (χ2n) is 3.75. The number of hydrogen-bond donors (Lipinski definition) is 1. The van der Waals surface area contributed by atoms with E-state index in [0.717, 1.165) is 5.56 Å². The number of Topliss-reactive ketones (excluding diaryl/α,β-unsaturated/α-hetero) is 1. The van der Waals surface area contributed by atoms with E-state index in [0.29, 0.717) is 4.47 Å². The Balaban J connectivity index is 2.42. The van der Waals surface area contributed by atoms with Crippen LogP contribution in [0.5, 0.6) is 5.75 Å². The van der Waals surface area contributed by atoms with Crippen molar-refractivity contribution >= 4 is 21.7 Å². The summed E-state index contributed by atoms with van der Waals surface area (Å²) in [4.78, 5) is 11.0. The van der Waals surface area contributed by atoms with Gasteiger partial charge in [-0.25, -0.2) is 0 Å². The zero-order valence-corrected chi connectivity index (χ0v) is 9.41. The minimum Gasteiger partial charge on any atom is -0.507 e. The molecule has 1 N–H and O–H groups in total. The van der Waals surface area contributed by atoms with Gasteiger partial charge in [0.2, 0.25) is 0 Å². The standard InChI is InChI=1S/C11H8BrNO2/c12-9-3-7(1-2-10(9)15)11(6-13)4-8(14)5-11/h1-3,15H,4-5H2. The Morgan fingerprint density at radius 1 is 1.47 bits per heavy atom. The highest BCUT2D eigenvalue weighted by Gasteiger charge is 2.45. The van der Waals surface area contributed by atoms with Gasteiger partial charge in [0.15, 0.2) is 0 Å². The van der Waals surface area contributed by atoms with Gasteiger partial charge in [0.25, 0.3) is 0 Å². The monoisotopic (exact) mass is 265 g/mol. The summed E-state index contributed by atoms with van der Waals surface area (Å²) < 4.78 is 0.550. The number of halogens is 1. The van der Waals surface area contributed by atoms with Crippen LogP contribution in [0.1, 0.15) is 18.4 Å². The Hall–Kier alpha value is -1.34. The number of rotatable bonds is 1. The molecule has 76 valence electrons. The average molecular weight is 266 g/mol. The Bertz CT molecular complexity index is 468. The number of hydrogen-bond acceptors (Lipinski definition) is 3. The lowest BCUT2D eigenvalue weighted by Gasteiger charge is -2.34. The molecule has 1 aromatic carbocycles. The van der Waals surface area contributed by atoms with Gasteiger partial charge < -0.3 is 5.11 Å². The van der Waals surface area contributed by atoms with E-state index >= 15 is 0 Å². The van der Waals surface area contributed by atoms with E-state index in [9.17, 15) is 9.90 Å². The Kier molecular flexibility index (Phi) is 2.28. The predicted molar refractivity (Wildman–Crippen MR) is 57.3 cm³/mol. The second-order valence-corrected chi connectivity index (χ2v) is 4.61. The van der Waals surface area contributed by atoms with Crippen LogP contribution in [-0.2, 0) is 10.2 Å². The van der Waals surface area contributed by atoms with Crippen molar-refractivity contribution in [1.82, 2.24) is 0 Å². The molecule has 0 saturated heterocycles. The first-order valence-electron chi connectivity index (χ1n) is 4.49. The molecule has 0 radical (unpaired) electrons. The van der Waals surface area contributed by atoms with Crippen LogP contribution in [0, 0.1) is 11.3 Å². The summed E-state index contributed by atoms with van der Waals surface area (Å²) >= 11 is 3.19. The number of carbonyl (C=O) groups excluding carboxylic acids is 1. The van der Waals surface area contributed by atoms with E-state index in [1.165, 1.54) is 6.07 Å². The van der Waals surface area contributed by atoms with E-state index in [1.54, 1.807) is 12.1 Å². The number of ketones is 1. The molecule has 0 amide bonds. The number of benzene rings is 1. The molecule has 1 saturated carbocycles. The first-order chi connectivity index (χ1) is 7.07. The summed E-state index contributed by atoms with van der Waals surface area (Å²) in [5.41, 5.74) is 0.113. The summed E-state index contributed by atoms with van der Waals surface area (Å²) in [5.74, 6) is 0.248. The van der Waals surface area contributed by atoms with Crippen molar-refractivity contribution in [3.8, 4) is 11.8 Å². The fourth-order valence-corrected chi connectivity index (χ4v) is 2.15. The summed E-state index contributed by atoms with van der Waals surface area (Å²) in [6.07, 6.45) is 0.557. The van der Waals surface area contributed by atoms with Crippen LogP contribution in [-0.4, -0.2) is 10.9 Å². The van der Waals surface area contributed by atoms with E-state index < -0.39 is 5.41 Å². The van der Waals surface area contributed by atoms with Crippen molar-refractivity contribution in [3.05, 3.63) is 28.2 Å². The van der Waals surface area contributed by atoms with Crippen molar-refractivity contribution in [2.75, 3.05) is 0 Å². The highest BCUT2D eigenvalue weighted by atomic mass is 79.9. The molecule has 0 bridgehead atoms. The molecule has 0 aliphatic heterocycles. The van der Waals surface area contributed by atoms with Crippen molar-refractivity contribution in [1.29, 1.82) is 5.26 Å². The normalized spacial score (nSPS) is 18.0. The summed E-state index contributed by atoms with van der Waals surface area (Å²) in [6.45, 7) is 0. The van der Waals surface area contributed by atoms with Crippen LogP contribution in [0.25, 0.3) is 0 Å². The molecular weight excluding hydrogens is 258 g/mol. The van der Waals surface area contributed by atoms with Crippen LogP contribution in [0.4, 0.5) is 0 Å². The molecular formula is C11H8BrNO2. The lowest BCUT2D eigenvalue weighted by molar-refractivity contribution is -0.126. The average Bonchev–Trinajstić information content (AvgIpc) is 2.17. The van der Waals surface area contributed by atoms with Gasteiger partial charge in [0.05, 0.1) is 16.0 Å². The first kappa shape index (κ1) is 10.2. The largest absolute Gasteiger partial charge is 0.507 e. The van der Waals surface area contributed by atoms with E-state index in [1.807, 2.05) is 0 Å². The topological polar surface area (TPSA) is 61.1 Å². The summed E-state index contributed by atoms with van der Waals surface area (Å²) in [6, 6.07) is 7.10. The van der Waals surface area contributed by atoms with Gasteiger partial charge in [-0.2, -0.15) is 5.26 Å². The third kappa shape index (κ3) is 1.53. The van der Waals surface area contributed by atoms with Gasteiger partial charge >= 0.3 is 0 Å². The van der Waals surface area contributed by atoms with E-state index in [4.69, 9.17) is 5.26 Å². The van der Waals surface area contributed by atoms with Gasteiger partial charge in [-0.05, 0) is 33.6 Å². The SMILES string of the molecule is N#CC1(c2ccc(O)c(Br)c2)CC(=O)C1. The maximum absolute atomic E-state index is 11.0. The zero-order chi connectivity index (χ0) is 11.1. The third-order valence-corrected chi connectivity index (χ3v) is 3.35. The van der Waals surface area contributed by atoms with Gasteiger partial charge in [-0.1, -0.05) is 6.07 Å². The molecule has 0 unspecified atom stereocenters. The smallest absolute Gasteiger partial charge is 0.136 e. The number of nitrogens with zero attached hydrogens (tertiary/aromatic N) is 1. The number of aromatic hydroxyl groups is 1. The minimum absolute atomic E-state index is 0.112. The van der Waals surface area contributed by atoms with Crippen LogP contribution in [0.15, 0.2) is 22.7 Å². The Morgan fingerprint density at radius 3 is 2.60 bits per heavy atom. The van der Waals surface area contributed by atoms with Gasteiger partial charge in [-0.15, -0.1) is 0 Å². The lowest BCUT2D eigenvalue weighted by Crippen LogP contribution is -2.40. The molecule has 3 nitrogen and oxygen atoms in total. The van der Waals surface area contributed by atoms with Gasteiger partial charge in [-0.3, -0.25) is 4.79 Å². The molecule has 1 aromatic rings. The van der Waals surface area contributed by atoms with Gasteiger partial charge in [0, 0.05) is 12.8 Å². The third-order valence-electron chi connectivity index (χ3n) is 2.71. The molecule has 15 heavy (non-hydrogen) atoms. The molecule has 4 heteroatoms. The fourth-order valence-electron chi connectivity index (χ4n) is 1.77. The van der Waals surface area contributed by atoms with Crippen LogP contribution in [0.2, 0.25) is 0 Å². The highest BCUT2D eigenvalue weighted by Crippen LogP contribution is 2.42. The zero-order valence-electron chi connectivity index (χ0n) is 7.83. The van der Waals surface area contributed by atoms with Crippen molar-refractivity contribution in [2.45, 2.75) is 18.3 Å². The van der Waals surface area contributed by atoms with Crippen molar-refractivity contribution in [3.63, 3.8) is 0 Å². The maximum atomic E-state index is 11.0. The molecule has 0 spiro atoms. The lowest BCUT2D eigenvalue weighted by atomic mass is 9.65. The van der Waals surface area contributed by atoms with Gasteiger partial charge in [0.1, 0.15) is 11.5 Å². The summed E-state index contributed by atoms with van der Waals surface area (Å²) in [5, 5.41) is 18.4. The molecule has 1 fully saturated rings. The summed E-state index contributed by atoms with van der Waals surface area (Å²) in [7, 11) is 0. The Labute approximate surface area is 95.5 Å². The van der Waals surface area contributed by atoms with Crippen molar-refractivity contribution < 1.29 is 9.90 Å². The molecule has 2 rings (SSSR count). The molecule has 1 aliphatic rings. The molecule has 0 aromatic heterocycles. The van der Waals surface area contributed by atoms with Crippen LogP contribution >= 0.6 is 15.9 Å². The molecule has 1 aliphatic carbocycles. The number of nitriles is 1. The molecule has 0 heterocycles. The van der Waals surface area contributed by atoms with E-state index in [-0.39, 0.29) is 24.4 Å². The maximum Gasteiger partial charge on any atom is 0.136 e. The predicted octanol–water partition coefficient (Wildman–Crippen LogP) is 2.28. The molecule has 0 atom stereocenters. The number of carbonyl (C=O) groups is 1. The number of phenolic OH excluding ortho intramolecular Hbond substituents is 1. The minimum atomic E-state index is -0.673. The second kappa shape index (κ2) is 3.35. The van der Waals surface area contributed by atoms with Crippen LogP contribution in [0.3, 0.4) is 0 Å². The van der Waals surface area contributed by atoms with E-state index in [2.05, 4.69) is 22.0 Å².